The van der Waals surface area contributed by atoms with E-state index in [1.165, 1.54) is 0 Å². The number of β-lactam (4-membered cyclic amide) rings is 1. The zero-order valence-electron chi connectivity index (χ0n) is 19.9. The second kappa shape index (κ2) is 9.66. The number of hydrogen-bond donors (Lipinski definition) is 0. The van der Waals surface area contributed by atoms with E-state index >= 15 is 0 Å². The summed E-state index contributed by atoms with van der Waals surface area (Å²) >= 11 is 0. The fourth-order valence-electron chi connectivity index (χ4n) is 4.42. The standard InChI is InChI=1S/C27H27NO7/c1-30-19-6-8-20(9-7-19)35-26-25(18-5-11-22-24(15-18)34-16-33-22)28(27(26)29)13-12-17-4-10-21(31-2)23(14-17)32-3/h4-11,14-15,25-26H,12-13,16H2,1-3H3/t25-,26+/m1/s1. The lowest BCUT2D eigenvalue weighted by Gasteiger charge is -2.47. The minimum Gasteiger partial charge on any atom is -0.497 e. The van der Waals surface area contributed by atoms with Crippen LogP contribution in [-0.2, 0) is 11.2 Å². The van der Waals surface area contributed by atoms with Crippen LogP contribution in [0.25, 0.3) is 0 Å². The van der Waals surface area contributed by atoms with Gasteiger partial charge in [-0.15, -0.1) is 0 Å². The second-order valence-electron chi connectivity index (χ2n) is 8.24. The zero-order valence-corrected chi connectivity index (χ0v) is 19.9. The van der Waals surface area contributed by atoms with E-state index in [0.29, 0.717) is 41.7 Å². The van der Waals surface area contributed by atoms with E-state index in [0.717, 1.165) is 16.9 Å². The third-order valence-electron chi connectivity index (χ3n) is 6.30. The van der Waals surface area contributed by atoms with Crippen LogP contribution >= 0.6 is 0 Å². The molecule has 3 aromatic rings. The van der Waals surface area contributed by atoms with Gasteiger partial charge in [0.2, 0.25) is 12.9 Å². The summed E-state index contributed by atoms with van der Waals surface area (Å²) < 4.78 is 33.1. The first-order chi connectivity index (χ1) is 17.1. The van der Waals surface area contributed by atoms with Crippen LogP contribution in [0.15, 0.2) is 60.7 Å². The Morgan fingerprint density at radius 2 is 1.57 bits per heavy atom. The van der Waals surface area contributed by atoms with Gasteiger partial charge < -0.3 is 33.3 Å². The number of amides is 1. The van der Waals surface area contributed by atoms with Crippen molar-refractivity contribution in [3.63, 3.8) is 0 Å². The highest BCUT2D eigenvalue weighted by atomic mass is 16.7. The summed E-state index contributed by atoms with van der Waals surface area (Å²) in [5, 5.41) is 0. The van der Waals surface area contributed by atoms with Gasteiger partial charge >= 0.3 is 0 Å². The summed E-state index contributed by atoms with van der Waals surface area (Å²) in [5.41, 5.74) is 1.97. The molecule has 1 amide bonds. The van der Waals surface area contributed by atoms with Crippen molar-refractivity contribution in [2.75, 3.05) is 34.7 Å². The number of likely N-dealkylation sites (tertiary alicyclic amines) is 1. The number of ether oxygens (including phenoxy) is 6. The quantitative estimate of drug-likeness (QED) is 0.431. The third kappa shape index (κ3) is 4.39. The first-order valence-corrected chi connectivity index (χ1v) is 11.3. The van der Waals surface area contributed by atoms with E-state index in [2.05, 4.69) is 0 Å². The molecule has 0 aliphatic carbocycles. The Kier molecular flexibility index (Phi) is 6.27. The van der Waals surface area contributed by atoms with Crippen LogP contribution in [0.1, 0.15) is 17.2 Å². The SMILES string of the molecule is COc1ccc(O[C@@H]2C(=O)N(CCc3ccc(OC)c(OC)c3)[C@@H]2c2ccc3c(c2)OCO3)cc1. The average molecular weight is 478 g/mol. The molecule has 8 nitrogen and oxygen atoms in total. The fraction of sp³-hybridized carbons (Fsp3) is 0.296. The summed E-state index contributed by atoms with van der Waals surface area (Å²) in [5.74, 6) is 3.96. The Morgan fingerprint density at radius 3 is 2.31 bits per heavy atom. The third-order valence-corrected chi connectivity index (χ3v) is 6.30. The molecule has 0 bridgehead atoms. The van der Waals surface area contributed by atoms with Crippen molar-refractivity contribution in [3.8, 4) is 34.5 Å². The van der Waals surface area contributed by atoms with Crippen molar-refractivity contribution in [3.05, 3.63) is 71.8 Å². The lowest BCUT2D eigenvalue weighted by atomic mass is 9.89. The number of benzene rings is 3. The summed E-state index contributed by atoms with van der Waals surface area (Å²) in [6.45, 7) is 0.715. The topological polar surface area (TPSA) is 75.7 Å². The van der Waals surface area contributed by atoms with Crippen molar-refractivity contribution in [2.24, 2.45) is 0 Å². The van der Waals surface area contributed by atoms with Crippen LogP contribution in [0.3, 0.4) is 0 Å². The van der Waals surface area contributed by atoms with Gasteiger partial charge in [0.25, 0.3) is 5.91 Å². The Bertz CT molecular complexity index is 1210. The highest BCUT2D eigenvalue weighted by molar-refractivity contribution is 5.89. The Balaban J connectivity index is 1.37. The largest absolute Gasteiger partial charge is 0.497 e. The Morgan fingerprint density at radius 1 is 0.829 bits per heavy atom. The molecule has 182 valence electrons. The number of methoxy groups -OCH3 is 3. The Labute approximate surface area is 203 Å². The highest BCUT2D eigenvalue weighted by Crippen LogP contribution is 2.42. The second-order valence-corrected chi connectivity index (χ2v) is 8.24. The maximum Gasteiger partial charge on any atom is 0.266 e. The molecule has 0 aromatic heterocycles. The van der Waals surface area contributed by atoms with Gasteiger partial charge in [0.05, 0.1) is 21.3 Å². The molecule has 1 saturated heterocycles. The Hall–Kier alpha value is -4.07. The van der Waals surface area contributed by atoms with Crippen LogP contribution in [0, 0.1) is 0 Å². The molecular formula is C27H27NO7. The van der Waals surface area contributed by atoms with Gasteiger partial charge in [-0.05, 0) is 66.1 Å². The van der Waals surface area contributed by atoms with Crippen molar-refractivity contribution in [2.45, 2.75) is 18.6 Å². The molecule has 0 saturated carbocycles. The normalized spacial score (nSPS) is 18.1. The smallest absolute Gasteiger partial charge is 0.266 e. The molecule has 5 rings (SSSR count). The maximum atomic E-state index is 13.2. The molecular weight excluding hydrogens is 450 g/mol. The number of fused-ring (bicyclic) bond motifs is 1. The van der Waals surface area contributed by atoms with Gasteiger partial charge in [-0.25, -0.2) is 0 Å². The lowest BCUT2D eigenvalue weighted by Crippen LogP contribution is -2.61. The number of nitrogens with zero attached hydrogens (tertiary/aromatic N) is 1. The maximum absolute atomic E-state index is 13.2. The summed E-state index contributed by atoms with van der Waals surface area (Å²) in [6.07, 6.45) is 0.0109. The van der Waals surface area contributed by atoms with Crippen LogP contribution < -0.4 is 28.4 Å². The van der Waals surface area contributed by atoms with Gasteiger partial charge in [0.15, 0.2) is 23.0 Å². The monoisotopic (exact) mass is 477 g/mol. The molecule has 2 aliphatic rings. The van der Waals surface area contributed by atoms with Gasteiger partial charge in [0, 0.05) is 6.54 Å². The zero-order chi connectivity index (χ0) is 24.4. The predicted octanol–water partition coefficient (Wildman–Crippen LogP) is 4.01. The molecule has 2 heterocycles. The first kappa shape index (κ1) is 22.7. The van der Waals surface area contributed by atoms with Gasteiger partial charge in [-0.2, -0.15) is 0 Å². The molecule has 0 N–H and O–H groups in total. The highest BCUT2D eigenvalue weighted by Gasteiger charge is 2.50. The van der Waals surface area contributed by atoms with E-state index in [9.17, 15) is 4.79 Å². The van der Waals surface area contributed by atoms with Gasteiger partial charge in [0.1, 0.15) is 17.5 Å². The molecule has 1 fully saturated rings. The van der Waals surface area contributed by atoms with Crippen LogP contribution in [-0.4, -0.2) is 51.6 Å². The van der Waals surface area contributed by atoms with Crippen molar-refractivity contribution in [1.29, 1.82) is 0 Å². The van der Waals surface area contributed by atoms with Crippen LogP contribution in [0.5, 0.6) is 34.5 Å². The summed E-state index contributed by atoms with van der Waals surface area (Å²) in [6, 6.07) is 18.5. The molecule has 2 aliphatic heterocycles. The molecule has 35 heavy (non-hydrogen) atoms. The predicted molar refractivity (Wildman–Crippen MR) is 128 cm³/mol. The first-order valence-electron chi connectivity index (χ1n) is 11.3. The van der Waals surface area contributed by atoms with E-state index in [4.69, 9.17) is 28.4 Å². The van der Waals surface area contributed by atoms with E-state index in [1.807, 2.05) is 53.4 Å². The molecule has 2 atom stereocenters. The number of hydrogen-bond acceptors (Lipinski definition) is 7. The van der Waals surface area contributed by atoms with Crippen molar-refractivity contribution >= 4 is 5.91 Å². The number of carbonyl (C=O) groups is 1. The van der Waals surface area contributed by atoms with E-state index in [1.54, 1.807) is 33.5 Å². The minimum atomic E-state index is -0.644. The number of carbonyl (C=O) groups excluding carboxylic acids is 1. The van der Waals surface area contributed by atoms with E-state index < -0.39 is 6.10 Å². The fourth-order valence-corrected chi connectivity index (χ4v) is 4.42. The average Bonchev–Trinajstić information content (AvgIpc) is 3.37. The van der Waals surface area contributed by atoms with Gasteiger partial charge in [-0.3, -0.25) is 4.79 Å². The molecule has 0 spiro atoms. The van der Waals surface area contributed by atoms with Gasteiger partial charge in [-0.1, -0.05) is 12.1 Å². The molecule has 3 aromatic carbocycles. The summed E-state index contributed by atoms with van der Waals surface area (Å²) in [4.78, 5) is 15.1. The minimum absolute atomic E-state index is 0.0658. The van der Waals surface area contributed by atoms with Crippen LogP contribution in [0.4, 0.5) is 0 Å². The molecule has 0 unspecified atom stereocenters. The number of rotatable bonds is 9. The van der Waals surface area contributed by atoms with Crippen LogP contribution in [0.2, 0.25) is 0 Å². The lowest BCUT2D eigenvalue weighted by molar-refractivity contribution is -0.164. The molecule has 0 radical (unpaired) electrons. The van der Waals surface area contributed by atoms with Crippen molar-refractivity contribution in [1.82, 2.24) is 4.90 Å². The van der Waals surface area contributed by atoms with E-state index in [-0.39, 0.29) is 18.7 Å². The van der Waals surface area contributed by atoms with Crippen molar-refractivity contribution < 1.29 is 33.2 Å². The summed E-state index contributed by atoms with van der Waals surface area (Å²) in [7, 11) is 4.82. The molecule has 8 heteroatoms.